The summed E-state index contributed by atoms with van der Waals surface area (Å²) < 4.78 is 74.2. The fraction of sp³-hybridized carbons (Fsp3) is 0.400. The largest absolute Gasteiger partial charge is 0.416 e. The zero-order valence-electron chi connectivity index (χ0n) is 9.15. The van der Waals surface area contributed by atoms with Crippen LogP contribution in [0.3, 0.4) is 0 Å². The van der Waals surface area contributed by atoms with Crippen molar-refractivity contribution in [1.29, 1.82) is 0 Å². The highest BCUT2D eigenvalue weighted by atomic mass is 35.5. The topological polar surface area (TPSA) is 26.0 Å². The van der Waals surface area contributed by atoms with E-state index < -0.39 is 35.9 Å². The van der Waals surface area contributed by atoms with Crippen LogP contribution in [0.25, 0.3) is 0 Å². The van der Waals surface area contributed by atoms with Crippen molar-refractivity contribution >= 4 is 24.0 Å². The number of halogens is 8. The van der Waals surface area contributed by atoms with E-state index in [9.17, 15) is 26.3 Å². The van der Waals surface area contributed by atoms with Gasteiger partial charge in [-0.25, -0.2) is 0 Å². The molecule has 0 aliphatic rings. The third-order valence-electron chi connectivity index (χ3n) is 2.17. The van der Waals surface area contributed by atoms with Gasteiger partial charge in [-0.2, -0.15) is 26.3 Å². The summed E-state index contributed by atoms with van der Waals surface area (Å²) in [6.45, 7) is 0. The van der Waals surface area contributed by atoms with Crippen LogP contribution in [0.4, 0.5) is 26.3 Å². The summed E-state index contributed by atoms with van der Waals surface area (Å²) in [4.78, 5) is 0. The molecule has 0 amide bonds. The summed E-state index contributed by atoms with van der Waals surface area (Å²) in [5.74, 6) is 0. The number of hydrogen-bond acceptors (Lipinski definition) is 1. The Morgan fingerprint density at radius 2 is 1.63 bits per heavy atom. The minimum Gasteiger partial charge on any atom is -0.324 e. The molecule has 0 aromatic heterocycles. The van der Waals surface area contributed by atoms with Crippen LogP contribution in [0.15, 0.2) is 18.2 Å². The summed E-state index contributed by atoms with van der Waals surface area (Å²) in [5, 5.41) is -0.217. The minimum absolute atomic E-state index is 0. The molecule has 0 unspecified atom stereocenters. The van der Waals surface area contributed by atoms with E-state index in [1.165, 1.54) is 0 Å². The van der Waals surface area contributed by atoms with Crippen molar-refractivity contribution in [2.24, 2.45) is 5.73 Å². The summed E-state index contributed by atoms with van der Waals surface area (Å²) in [7, 11) is 0. The van der Waals surface area contributed by atoms with E-state index >= 15 is 0 Å². The van der Waals surface area contributed by atoms with Crippen LogP contribution in [-0.2, 0) is 6.18 Å². The van der Waals surface area contributed by atoms with Gasteiger partial charge in [-0.15, -0.1) is 12.4 Å². The van der Waals surface area contributed by atoms with Crippen LogP contribution < -0.4 is 5.73 Å². The molecule has 0 aliphatic carbocycles. The van der Waals surface area contributed by atoms with Gasteiger partial charge in [0.1, 0.15) is 0 Å². The lowest BCUT2D eigenvalue weighted by atomic mass is 9.98. The molecular formula is C10H9Cl2F6N. The highest BCUT2D eigenvalue weighted by molar-refractivity contribution is 6.30. The Bertz CT molecular complexity index is 429. The Balaban J connectivity index is 0.00000324. The molecule has 1 aromatic rings. The molecule has 0 saturated carbocycles. The van der Waals surface area contributed by atoms with Crippen LogP contribution in [0, 0.1) is 0 Å². The number of nitrogens with two attached hydrogens (primary N) is 1. The van der Waals surface area contributed by atoms with Gasteiger partial charge in [0.05, 0.1) is 12.0 Å². The smallest absolute Gasteiger partial charge is 0.324 e. The second kappa shape index (κ2) is 6.19. The van der Waals surface area contributed by atoms with E-state index in [1.807, 2.05) is 0 Å². The first-order valence-corrected chi connectivity index (χ1v) is 5.07. The summed E-state index contributed by atoms with van der Waals surface area (Å²) in [6, 6.07) is 0.718. The SMILES string of the molecule is Cl.N[C@@H](CC(F)(F)F)c1ccc(Cl)cc1C(F)(F)F. The Labute approximate surface area is 116 Å². The molecule has 19 heavy (non-hydrogen) atoms. The van der Waals surface area contributed by atoms with Crippen LogP contribution in [0.1, 0.15) is 23.6 Å². The Kier molecular flexibility index (Phi) is 5.98. The summed E-state index contributed by atoms with van der Waals surface area (Å²) in [5.41, 5.74) is 3.30. The fourth-order valence-corrected chi connectivity index (χ4v) is 1.63. The molecule has 0 fully saturated rings. The third-order valence-corrected chi connectivity index (χ3v) is 2.41. The van der Waals surface area contributed by atoms with Crippen LogP contribution in [-0.4, -0.2) is 6.18 Å². The van der Waals surface area contributed by atoms with Gasteiger partial charge in [0.25, 0.3) is 0 Å². The average molecular weight is 328 g/mol. The van der Waals surface area contributed by atoms with Gasteiger partial charge in [-0.1, -0.05) is 17.7 Å². The number of rotatable bonds is 2. The van der Waals surface area contributed by atoms with Crippen molar-refractivity contribution in [3.63, 3.8) is 0 Å². The van der Waals surface area contributed by atoms with Crippen molar-refractivity contribution < 1.29 is 26.3 Å². The zero-order valence-corrected chi connectivity index (χ0v) is 10.7. The van der Waals surface area contributed by atoms with Gasteiger partial charge in [-0.3, -0.25) is 0 Å². The van der Waals surface area contributed by atoms with E-state index in [4.69, 9.17) is 17.3 Å². The lowest BCUT2D eigenvalue weighted by molar-refractivity contribution is -0.144. The molecule has 0 saturated heterocycles. The maximum absolute atomic E-state index is 12.6. The average Bonchev–Trinajstić information content (AvgIpc) is 2.13. The molecule has 1 aromatic carbocycles. The van der Waals surface area contributed by atoms with Crippen molar-refractivity contribution in [2.45, 2.75) is 24.8 Å². The monoisotopic (exact) mass is 327 g/mol. The van der Waals surface area contributed by atoms with E-state index in [0.29, 0.717) is 6.07 Å². The first-order chi connectivity index (χ1) is 8.00. The first kappa shape index (κ1) is 18.3. The van der Waals surface area contributed by atoms with Crippen molar-refractivity contribution in [1.82, 2.24) is 0 Å². The van der Waals surface area contributed by atoms with Crippen molar-refractivity contribution in [3.8, 4) is 0 Å². The maximum atomic E-state index is 12.6. The molecular weight excluding hydrogens is 319 g/mol. The zero-order chi connectivity index (χ0) is 14.1. The quantitative estimate of drug-likeness (QED) is 0.780. The van der Waals surface area contributed by atoms with E-state index in [-0.39, 0.29) is 17.4 Å². The predicted octanol–water partition coefficient (Wildman–Crippen LogP) is 4.73. The molecule has 1 nitrogen and oxygen atoms in total. The number of benzene rings is 1. The van der Waals surface area contributed by atoms with E-state index in [0.717, 1.165) is 12.1 Å². The Morgan fingerprint density at radius 1 is 1.11 bits per heavy atom. The molecule has 0 radical (unpaired) electrons. The number of hydrogen-bond donors (Lipinski definition) is 1. The second-order valence-electron chi connectivity index (χ2n) is 3.66. The maximum Gasteiger partial charge on any atom is 0.416 e. The van der Waals surface area contributed by atoms with Gasteiger partial charge in [0, 0.05) is 11.1 Å². The molecule has 2 N–H and O–H groups in total. The fourth-order valence-electron chi connectivity index (χ4n) is 1.46. The van der Waals surface area contributed by atoms with Crippen molar-refractivity contribution in [3.05, 3.63) is 34.3 Å². The standard InChI is InChI=1S/C10H8ClF6N.ClH/c11-5-1-2-6(7(3-5)10(15,16)17)8(18)4-9(12,13)14;/h1-3,8H,4,18H2;1H/t8-;/m0./s1. The molecule has 0 heterocycles. The summed E-state index contributed by atoms with van der Waals surface area (Å²) >= 11 is 5.40. The lowest BCUT2D eigenvalue weighted by Crippen LogP contribution is -2.23. The molecule has 1 rings (SSSR count). The third kappa shape index (κ3) is 5.46. The van der Waals surface area contributed by atoms with E-state index in [1.54, 1.807) is 0 Å². The molecule has 0 spiro atoms. The van der Waals surface area contributed by atoms with E-state index in [2.05, 4.69) is 0 Å². The van der Waals surface area contributed by atoms with Crippen molar-refractivity contribution in [2.75, 3.05) is 0 Å². The second-order valence-corrected chi connectivity index (χ2v) is 4.09. The molecule has 110 valence electrons. The predicted molar refractivity (Wildman–Crippen MR) is 61.3 cm³/mol. The molecule has 0 bridgehead atoms. The summed E-state index contributed by atoms with van der Waals surface area (Å²) in [6.07, 6.45) is -11.0. The molecule has 1 atom stereocenters. The van der Waals surface area contributed by atoms with Gasteiger partial charge >= 0.3 is 12.4 Å². The van der Waals surface area contributed by atoms with Gasteiger partial charge < -0.3 is 5.73 Å². The molecule has 9 heteroatoms. The van der Waals surface area contributed by atoms with Gasteiger partial charge in [0.15, 0.2) is 0 Å². The van der Waals surface area contributed by atoms with Gasteiger partial charge in [0.2, 0.25) is 0 Å². The first-order valence-electron chi connectivity index (χ1n) is 4.69. The molecule has 0 aliphatic heterocycles. The normalized spacial score (nSPS) is 13.9. The van der Waals surface area contributed by atoms with Crippen LogP contribution in [0.2, 0.25) is 5.02 Å². The highest BCUT2D eigenvalue weighted by Crippen LogP contribution is 2.38. The highest BCUT2D eigenvalue weighted by Gasteiger charge is 2.38. The Hall–Kier alpha value is -0.660. The minimum atomic E-state index is -4.80. The van der Waals surface area contributed by atoms with Gasteiger partial charge in [-0.05, 0) is 17.7 Å². The van der Waals surface area contributed by atoms with Crippen LogP contribution >= 0.6 is 24.0 Å². The number of alkyl halides is 6. The Morgan fingerprint density at radius 3 is 2.05 bits per heavy atom. The van der Waals surface area contributed by atoms with Crippen LogP contribution in [0.5, 0.6) is 0 Å². The lowest BCUT2D eigenvalue weighted by Gasteiger charge is -2.19.